The number of hydrogen-bond acceptors (Lipinski definition) is 4. The summed E-state index contributed by atoms with van der Waals surface area (Å²) in [6.45, 7) is 3.68. The quantitative estimate of drug-likeness (QED) is 0.908. The zero-order valence-electron chi connectivity index (χ0n) is 12.4. The Hall–Kier alpha value is -2.63. The molecule has 2 unspecified atom stereocenters. The van der Waals surface area contributed by atoms with E-state index in [1.165, 1.54) is 0 Å². The maximum absolute atomic E-state index is 12.2. The van der Waals surface area contributed by atoms with Crippen LogP contribution < -0.4 is 10.6 Å². The Morgan fingerprint density at radius 2 is 1.82 bits per heavy atom. The topological polar surface area (TPSA) is 84.2 Å². The molecule has 2 amide bonds. The third-order valence-electron chi connectivity index (χ3n) is 3.75. The van der Waals surface area contributed by atoms with Gasteiger partial charge in [-0.2, -0.15) is 0 Å². The fraction of sp³-hybridized carbons (Fsp3) is 0.312. The standard InChI is InChI=1S/C16H17N3O3/c1-9-5-3-4-6-13(9)17-15(20)11-8-12(11)16(21)18-14-7-10(2)22-19-14/h3-7,11-12H,8H2,1-2H3,(H,17,20)(H,18,19,21). The van der Waals surface area contributed by atoms with Crippen molar-refractivity contribution in [2.45, 2.75) is 20.3 Å². The summed E-state index contributed by atoms with van der Waals surface area (Å²) in [4.78, 5) is 24.2. The molecule has 114 valence electrons. The van der Waals surface area contributed by atoms with Gasteiger partial charge >= 0.3 is 0 Å². The minimum Gasteiger partial charge on any atom is -0.360 e. The average molecular weight is 299 g/mol. The van der Waals surface area contributed by atoms with Crippen molar-refractivity contribution < 1.29 is 14.1 Å². The van der Waals surface area contributed by atoms with Crippen LogP contribution in [-0.4, -0.2) is 17.0 Å². The average Bonchev–Trinajstić information content (AvgIpc) is 3.19. The van der Waals surface area contributed by atoms with E-state index >= 15 is 0 Å². The number of anilines is 2. The highest BCUT2D eigenvalue weighted by Gasteiger charge is 2.48. The minimum absolute atomic E-state index is 0.120. The number of nitrogens with zero attached hydrogens (tertiary/aromatic N) is 1. The Balaban J connectivity index is 1.56. The van der Waals surface area contributed by atoms with Crippen LogP contribution in [0.25, 0.3) is 0 Å². The molecule has 1 heterocycles. The monoisotopic (exact) mass is 299 g/mol. The van der Waals surface area contributed by atoms with Gasteiger partial charge in [0.2, 0.25) is 11.8 Å². The van der Waals surface area contributed by atoms with Crippen molar-refractivity contribution in [3.63, 3.8) is 0 Å². The molecule has 6 heteroatoms. The van der Waals surface area contributed by atoms with E-state index in [0.29, 0.717) is 18.0 Å². The summed E-state index contributed by atoms with van der Waals surface area (Å²) in [7, 11) is 0. The van der Waals surface area contributed by atoms with Gasteiger partial charge in [0.1, 0.15) is 5.76 Å². The van der Waals surface area contributed by atoms with Crippen LogP contribution in [-0.2, 0) is 9.59 Å². The maximum Gasteiger partial charge on any atom is 0.229 e. The first-order valence-corrected chi connectivity index (χ1v) is 7.15. The highest BCUT2D eigenvalue weighted by molar-refractivity contribution is 6.03. The summed E-state index contributed by atoms with van der Waals surface area (Å²) in [5, 5.41) is 9.24. The van der Waals surface area contributed by atoms with Crippen molar-refractivity contribution >= 4 is 23.3 Å². The molecule has 1 aliphatic carbocycles. The summed E-state index contributed by atoms with van der Waals surface area (Å²) in [5.41, 5.74) is 1.78. The van der Waals surface area contributed by atoms with Crippen LogP contribution in [0.2, 0.25) is 0 Å². The molecule has 1 aromatic carbocycles. The van der Waals surface area contributed by atoms with Crippen molar-refractivity contribution in [1.82, 2.24) is 5.16 Å². The lowest BCUT2D eigenvalue weighted by molar-refractivity contribution is -0.122. The van der Waals surface area contributed by atoms with Crippen LogP contribution in [0.5, 0.6) is 0 Å². The lowest BCUT2D eigenvalue weighted by atomic mass is 10.2. The van der Waals surface area contributed by atoms with E-state index < -0.39 is 0 Å². The number of rotatable bonds is 4. The molecule has 6 nitrogen and oxygen atoms in total. The zero-order valence-corrected chi connectivity index (χ0v) is 12.4. The van der Waals surface area contributed by atoms with Gasteiger partial charge in [-0.1, -0.05) is 23.4 Å². The predicted octanol–water partition coefficient (Wildman–Crippen LogP) is 2.50. The van der Waals surface area contributed by atoms with E-state index in [1.807, 2.05) is 31.2 Å². The number of nitrogens with one attached hydrogen (secondary N) is 2. The summed E-state index contributed by atoms with van der Waals surface area (Å²) < 4.78 is 4.89. The highest BCUT2D eigenvalue weighted by Crippen LogP contribution is 2.40. The van der Waals surface area contributed by atoms with Crippen LogP contribution in [0.1, 0.15) is 17.7 Å². The second kappa shape index (κ2) is 5.63. The van der Waals surface area contributed by atoms with Gasteiger partial charge in [-0.3, -0.25) is 9.59 Å². The zero-order chi connectivity index (χ0) is 15.7. The molecule has 2 N–H and O–H groups in total. The molecule has 1 saturated carbocycles. The first-order chi connectivity index (χ1) is 10.5. The number of amides is 2. The number of aromatic nitrogens is 1. The summed E-state index contributed by atoms with van der Waals surface area (Å²) in [6.07, 6.45) is 0.556. The molecule has 1 fully saturated rings. The summed E-state index contributed by atoms with van der Waals surface area (Å²) in [5.74, 6) is 0.102. The number of hydrogen-bond donors (Lipinski definition) is 2. The minimum atomic E-state index is -0.305. The molecule has 2 aromatic rings. The van der Waals surface area contributed by atoms with Crippen LogP contribution in [0.15, 0.2) is 34.9 Å². The van der Waals surface area contributed by atoms with Crippen LogP contribution in [0, 0.1) is 25.7 Å². The predicted molar refractivity (Wildman–Crippen MR) is 81.3 cm³/mol. The van der Waals surface area contributed by atoms with E-state index in [1.54, 1.807) is 13.0 Å². The largest absolute Gasteiger partial charge is 0.360 e. The molecule has 22 heavy (non-hydrogen) atoms. The molecule has 0 spiro atoms. The molecule has 0 bridgehead atoms. The number of para-hydroxylation sites is 1. The molecule has 2 atom stereocenters. The van der Waals surface area contributed by atoms with Crippen LogP contribution in [0.3, 0.4) is 0 Å². The first kappa shape index (κ1) is 14.3. The lowest BCUT2D eigenvalue weighted by Crippen LogP contribution is -2.21. The number of carbonyl (C=O) groups is 2. The van der Waals surface area contributed by atoms with Crippen molar-refractivity contribution in [3.8, 4) is 0 Å². The second-order valence-electron chi connectivity index (χ2n) is 5.56. The van der Waals surface area contributed by atoms with Gasteiger partial charge < -0.3 is 15.2 Å². The van der Waals surface area contributed by atoms with Gasteiger partial charge in [0.05, 0.1) is 11.8 Å². The lowest BCUT2D eigenvalue weighted by Gasteiger charge is -2.07. The van der Waals surface area contributed by atoms with Crippen molar-refractivity contribution in [1.29, 1.82) is 0 Å². The molecular weight excluding hydrogens is 282 g/mol. The third kappa shape index (κ3) is 3.00. The normalized spacial score (nSPS) is 19.5. The number of carbonyl (C=O) groups excluding carboxylic acids is 2. The number of aryl methyl sites for hydroxylation is 2. The van der Waals surface area contributed by atoms with Gasteiger partial charge in [0.15, 0.2) is 5.82 Å². The number of benzene rings is 1. The van der Waals surface area contributed by atoms with E-state index in [4.69, 9.17) is 4.52 Å². The maximum atomic E-state index is 12.2. The summed E-state index contributed by atoms with van der Waals surface area (Å²) in [6, 6.07) is 9.20. The van der Waals surface area contributed by atoms with Gasteiger partial charge in [0, 0.05) is 11.8 Å². The fourth-order valence-corrected chi connectivity index (χ4v) is 2.36. The Kier molecular flexibility index (Phi) is 3.66. The third-order valence-corrected chi connectivity index (χ3v) is 3.75. The SMILES string of the molecule is Cc1cc(NC(=O)C2CC2C(=O)Nc2ccccc2C)no1. The molecule has 1 aromatic heterocycles. The molecule has 0 radical (unpaired) electrons. The summed E-state index contributed by atoms with van der Waals surface area (Å²) >= 11 is 0. The molecule has 1 aliphatic rings. The van der Waals surface area contributed by atoms with Crippen molar-refractivity contribution in [2.24, 2.45) is 11.8 Å². The molecular formula is C16H17N3O3. The molecule has 3 rings (SSSR count). The Morgan fingerprint density at radius 1 is 1.14 bits per heavy atom. The van der Waals surface area contributed by atoms with E-state index in [-0.39, 0.29) is 23.7 Å². The Morgan fingerprint density at radius 3 is 2.45 bits per heavy atom. The Bertz CT molecular complexity index is 723. The van der Waals surface area contributed by atoms with Gasteiger partial charge in [-0.15, -0.1) is 0 Å². The Labute approximate surface area is 127 Å². The fourth-order valence-electron chi connectivity index (χ4n) is 2.36. The van der Waals surface area contributed by atoms with Crippen molar-refractivity contribution in [3.05, 3.63) is 41.7 Å². The van der Waals surface area contributed by atoms with Gasteiger partial charge in [-0.05, 0) is 31.9 Å². The van der Waals surface area contributed by atoms with E-state index in [9.17, 15) is 9.59 Å². The first-order valence-electron chi connectivity index (χ1n) is 7.15. The van der Waals surface area contributed by atoms with E-state index in [2.05, 4.69) is 15.8 Å². The second-order valence-corrected chi connectivity index (χ2v) is 5.56. The highest BCUT2D eigenvalue weighted by atomic mass is 16.5. The van der Waals surface area contributed by atoms with E-state index in [0.717, 1.165) is 11.3 Å². The molecule has 0 saturated heterocycles. The van der Waals surface area contributed by atoms with Gasteiger partial charge in [0.25, 0.3) is 0 Å². The van der Waals surface area contributed by atoms with Crippen LogP contribution in [0.4, 0.5) is 11.5 Å². The smallest absolute Gasteiger partial charge is 0.229 e. The van der Waals surface area contributed by atoms with Crippen molar-refractivity contribution in [2.75, 3.05) is 10.6 Å². The van der Waals surface area contributed by atoms with Crippen LogP contribution >= 0.6 is 0 Å². The van der Waals surface area contributed by atoms with Gasteiger partial charge in [-0.25, -0.2) is 0 Å². The molecule has 0 aliphatic heterocycles.